The van der Waals surface area contributed by atoms with Gasteiger partial charge in [0.2, 0.25) is 5.91 Å². The lowest BCUT2D eigenvalue weighted by Crippen LogP contribution is -2.45. The Morgan fingerprint density at radius 2 is 1.86 bits per heavy atom. The molecule has 1 aromatic rings. The van der Waals surface area contributed by atoms with Gasteiger partial charge in [0, 0.05) is 18.7 Å². The third-order valence-electron chi connectivity index (χ3n) is 3.53. The van der Waals surface area contributed by atoms with Crippen LogP contribution in [0, 0.1) is 5.41 Å². The Morgan fingerprint density at radius 1 is 1.23 bits per heavy atom. The van der Waals surface area contributed by atoms with E-state index in [1.165, 1.54) is 0 Å². The highest BCUT2D eigenvalue weighted by atomic mass is 16.3. The predicted molar refractivity (Wildman–Crippen MR) is 86.5 cm³/mol. The average Bonchev–Trinajstić information content (AvgIpc) is 2.52. The summed E-state index contributed by atoms with van der Waals surface area (Å²) in [7, 11) is 0. The highest BCUT2D eigenvalue weighted by molar-refractivity contribution is 5.97. The molecule has 5 heteroatoms. The first-order valence-electron chi connectivity index (χ1n) is 7.60. The molecule has 1 aromatic carbocycles. The summed E-state index contributed by atoms with van der Waals surface area (Å²) in [5.74, 6) is -0.462. The fraction of sp³-hybridized carbons (Fsp3) is 0.529. The number of carbonyl (C=O) groups excluding carboxylic acids is 2. The molecule has 3 N–H and O–H groups in total. The molecule has 22 heavy (non-hydrogen) atoms. The van der Waals surface area contributed by atoms with Crippen LogP contribution >= 0.6 is 0 Å². The third-order valence-corrected chi connectivity index (χ3v) is 3.53. The van der Waals surface area contributed by atoms with Crippen LogP contribution in [0.5, 0.6) is 0 Å². The molecular formula is C17H26N2O3. The first kappa shape index (κ1) is 18.2. The lowest BCUT2D eigenvalue weighted by atomic mass is 9.89. The second-order valence-electron chi connectivity index (χ2n) is 6.28. The van der Waals surface area contributed by atoms with Crippen molar-refractivity contribution in [1.82, 2.24) is 10.6 Å². The quantitative estimate of drug-likeness (QED) is 0.640. The van der Waals surface area contributed by atoms with Gasteiger partial charge < -0.3 is 15.7 Å². The topological polar surface area (TPSA) is 78.4 Å². The van der Waals surface area contributed by atoms with Crippen molar-refractivity contribution in [2.75, 3.05) is 13.2 Å². The van der Waals surface area contributed by atoms with Crippen LogP contribution in [0.3, 0.4) is 0 Å². The SMILES string of the molecule is CC(NC(=O)c1ccccc1)C(=O)NCCCC(C)(C)CO. The Morgan fingerprint density at radius 3 is 2.45 bits per heavy atom. The van der Waals surface area contributed by atoms with Gasteiger partial charge in [0.1, 0.15) is 6.04 Å². The minimum absolute atomic E-state index is 0.127. The zero-order valence-electron chi connectivity index (χ0n) is 13.6. The number of hydrogen-bond acceptors (Lipinski definition) is 3. The Labute approximate surface area is 132 Å². The van der Waals surface area contributed by atoms with Crippen LogP contribution in [0.25, 0.3) is 0 Å². The van der Waals surface area contributed by atoms with E-state index in [0.29, 0.717) is 12.1 Å². The monoisotopic (exact) mass is 306 g/mol. The van der Waals surface area contributed by atoms with Gasteiger partial charge in [-0.3, -0.25) is 9.59 Å². The van der Waals surface area contributed by atoms with Crippen molar-refractivity contribution >= 4 is 11.8 Å². The van der Waals surface area contributed by atoms with Gasteiger partial charge in [-0.15, -0.1) is 0 Å². The Bertz CT molecular complexity index is 486. The van der Waals surface area contributed by atoms with Gasteiger partial charge in [0.15, 0.2) is 0 Å². The summed E-state index contributed by atoms with van der Waals surface area (Å²) in [5.41, 5.74) is 0.407. The summed E-state index contributed by atoms with van der Waals surface area (Å²) in [6.07, 6.45) is 1.62. The highest BCUT2D eigenvalue weighted by Crippen LogP contribution is 2.20. The largest absolute Gasteiger partial charge is 0.396 e. The maximum absolute atomic E-state index is 11.9. The molecule has 2 amide bonds. The average molecular weight is 306 g/mol. The van der Waals surface area contributed by atoms with Gasteiger partial charge in [-0.05, 0) is 37.3 Å². The summed E-state index contributed by atoms with van der Waals surface area (Å²) in [6, 6.07) is 8.22. The number of carbonyl (C=O) groups is 2. The van der Waals surface area contributed by atoms with Crippen molar-refractivity contribution in [2.24, 2.45) is 5.41 Å². The first-order chi connectivity index (χ1) is 10.4. The molecule has 0 radical (unpaired) electrons. The molecule has 0 bridgehead atoms. The first-order valence-corrected chi connectivity index (χ1v) is 7.60. The van der Waals surface area contributed by atoms with Crippen LogP contribution in [0.15, 0.2) is 30.3 Å². The zero-order chi connectivity index (χ0) is 16.6. The molecule has 122 valence electrons. The smallest absolute Gasteiger partial charge is 0.251 e. The second kappa shape index (κ2) is 8.54. The van der Waals surface area contributed by atoms with Crippen LogP contribution in [0.2, 0.25) is 0 Å². The highest BCUT2D eigenvalue weighted by Gasteiger charge is 2.18. The van der Waals surface area contributed by atoms with Crippen LogP contribution < -0.4 is 10.6 Å². The maximum Gasteiger partial charge on any atom is 0.251 e. The van der Waals surface area contributed by atoms with E-state index in [4.69, 9.17) is 5.11 Å². The van der Waals surface area contributed by atoms with E-state index in [2.05, 4.69) is 10.6 Å². The van der Waals surface area contributed by atoms with Crippen LogP contribution in [0.4, 0.5) is 0 Å². The fourth-order valence-electron chi connectivity index (χ4n) is 1.95. The summed E-state index contributed by atoms with van der Waals surface area (Å²) in [4.78, 5) is 23.9. The standard InChI is InChI=1S/C17H26N2O3/c1-13(19-16(22)14-8-5-4-6-9-14)15(21)18-11-7-10-17(2,3)12-20/h4-6,8-9,13,20H,7,10-12H2,1-3H3,(H,18,21)(H,19,22). The lowest BCUT2D eigenvalue weighted by molar-refractivity contribution is -0.122. The Kier molecular flexibility index (Phi) is 7.05. The van der Waals surface area contributed by atoms with Gasteiger partial charge >= 0.3 is 0 Å². The molecule has 5 nitrogen and oxygen atoms in total. The predicted octanol–water partition coefficient (Wildman–Crippen LogP) is 1.72. The van der Waals surface area contributed by atoms with Crippen LogP contribution in [-0.4, -0.2) is 36.1 Å². The molecule has 0 spiro atoms. The van der Waals surface area contributed by atoms with Crippen molar-refractivity contribution in [1.29, 1.82) is 0 Å². The normalized spacial score (nSPS) is 12.5. The molecule has 0 fully saturated rings. The second-order valence-corrected chi connectivity index (χ2v) is 6.28. The molecule has 0 aliphatic carbocycles. The number of aliphatic hydroxyl groups excluding tert-OH is 1. The summed E-state index contributed by atoms with van der Waals surface area (Å²) < 4.78 is 0. The van der Waals surface area contributed by atoms with Crippen molar-refractivity contribution in [2.45, 2.75) is 39.7 Å². The van der Waals surface area contributed by atoms with E-state index < -0.39 is 6.04 Å². The Hall–Kier alpha value is -1.88. The molecule has 0 aliphatic heterocycles. The number of benzene rings is 1. The lowest BCUT2D eigenvalue weighted by Gasteiger charge is -2.21. The third kappa shape index (κ3) is 6.26. The maximum atomic E-state index is 11.9. The van der Waals surface area contributed by atoms with Gasteiger partial charge in [0.25, 0.3) is 5.91 Å². The van der Waals surface area contributed by atoms with Gasteiger partial charge in [-0.2, -0.15) is 0 Å². The van der Waals surface area contributed by atoms with Crippen molar-refractivity contribution in [3.05, 3.63) is 35.9 Å². The summed E-state index contributed by atoms with van der Waals surface area (Å²) >= 11 is 0. The number of nitrogens with one attached hydrogen (secondary N) is 2. The number of aliphatic hydroxyl groups is 1. The van der Waals surface area contributed by atoms with E-state index in [0.717, 1.165) is 12.8 Å². The van der Waals surface area contributed by atoms with E-state index in [1.54, 1.807) is 31.2 Å². The van der Waals surface area contributed by atoms with E-state index in [1.807, 2.05) is 19.9 Å². The van der Waals surface area contributed by atoms with Crippen molar-refractivity contribution in [3.63, 3.8) is 0 Å². The molecule has 1 atom stereocenters. The summed E-state index contributed by atoms with van der Waals surface area (Å²) in [6.45, 7) is 6.29. The minimum Gasteiger partial charge on any atom is -0.396 e. The minimum atomic E-state index is -0.585. The molecule has 0 saturated carbocycles. The number of hydrogen-bond donors (Lipinski definition) is 3. The zero-order valence-corrected chi connectivity index (χ0v) is 13.6. The number of amides is 2. The number of rotatable bonds is 8. The van der Waals surface area contributed by atoms with Gasteiger partial charge in [0.05, 0.1) is 0 Å². The van der Waals surface area contributed by atoms with Crippen molar-refractivity contribution in [3.8, 4) is 0 Å². The molecule has 0 heterocycles. The van der Waals surface area contributed by atoms with E-state index >= 15 is 0 Å². The van der Waals surface area contributed by atoms with Gasteiger partial charge in [-0.1, -0.05) is 32.0 Å². The molecule has 0 aromatic heterocycles. The van der Waals surface area contributed by atoms with Gasteiger partial charge in [-0.25, -0.2) is 0 Å². The molecular weight excluding hydrogens is 280 g/mol. The fourth-order valence-corrected chi connectivity index (χ4v) is 1.95. The molecule has 1 rings (SSSR count). The molecule has 0 saturated heterocycles. The molecule has 0 aliphatic rings. The van der Waals surface area contributed by atoms with E-state index in [9.17, 15) is 9.59 Å². The van der Waals surface area contributed by atoms with Crippen molar-refractivity contribution < 1.29 is 14.7 Å². The van der Waals surface area contributed by atoms with Crippen LogP contribution in [0.1, 0.15) is 44.0 Å². The summed E-state index contributed by atoms with van der Waals surface area (Å²) in [5, 5.41) is 14.6. The molecule has 1 unspecified atom stereocenters. The van der Waals surface area contributed by atoms with Crippen LogP contribution in [-0.2, 0) is 4.79 Å². The Balaban J connectivity index is 2.32. The van der Waals surface area contributed by atoms with E-state index in [-0.39, 0.29) is 23.8 Å².